The summed E-state index contributed by atoms with van der Waals surface area (Å²) in [7, 11) is 0. The van der Waals surface area contributed by atoms with E-state index in [1.54, 1.807) is 0 Å². The van der Waals surface area contributed by atoms with Crippen molar-refractivity contribution >= 4 is 17.5 Å². The molecule has 1 aliphatic rings. The molecule has 4 nitrogen and oxygen atoms in total. The zero-order valence-corrected chi connectivity index (χ0v) is 16.0. The number of nitrogens with one attached hydrogen (secondary N) is 1. The Morgan fingerprint density at radius 3 is 2.38 bits per heavy atom. The number of rotatable bonds is 5. The molecule has 0 radical (unpaired) electrons. The molecule has 0 spiro atoms. The maximum Gasteiger partial charge on any atom is 0.254 e. The highest BCUT2D eigenvalue weighted by molar-refractivity contribution is 6.31. The maximum atomic E-state index is 12.7. The summed E-state index contributed by atoms with van der Waals surface area (Å²) >= 11 is 6.16. The van der Waals surface area contributed by atoms with Crippen molar-refractivity contribution in [2.24, 2.45) is 0 Å². The highest BCUT2D eigenvalue weighted by atomic mass is 35.5. The average molecular weight is 373 g/mol. The van der Waals surface area contributed by atoms with E-state index in [0.717, 1.165) is 28.3 Å². The average Bonchev–Trinajstić information content (AvgIpc) is 2.62. The van der Waals surface area contributed by atoms with Crippen molar-refractivity contribution in [3.8, 4) is 0 Å². The SMILES string of the molecule is CC1CN(C(=O)c2ccc(CNCc3ccccc3Cl)cc2)CC(C)O1. The van der Waals surface area contributed by atoms with Crippen LogP contribution in [0.15, 0.2) is 48.5 Å². The Balaban J connectivity index is 1.54. The van der Waals surface area contributed by atoms with E-state index < -0.39 is 0 Å². The molecule has 0 aliphatic carbocycles. The molecule has 0 aromatic heterocycles. The van der Waals surface area contributed by atoms with Gasteiger partial charge in [0.25, 0.3) is 5.91 Å². The summed E-state index contributed by atoms with van der Waals surface area (Å²) in [5.41, 5.74) is 2.94. The quantitative estimate of drug-likeness (QED) is 0.866. The summed E-state index contributed by atoms with van der Waals surface area (Å²) in [5.74, 6) is 0.0718. The monoisotopic (exact) mass is 372 g/mol. The summed E-state index contributed by atoms with van der Waals surface area (Å²) in [6.45, 7) is 6.73. The molecule has 5 heteroatoms. The lowest BCUT2D eigenvalue weighted by atomic mass is 10.1. The molecule has 1 amide bonds. The Labute approximate surface area is 160 Å². The third-order valence-corrected chi connectivity index (χ3v) is 4.88. The van der Waals surface area contributed by atoms with Crippen LogP contribution in [0, 0.1) is 0 Å². The molecule has 1 fully saturated rings. The first-order valence-corrected chi connectivity index (χ1v) is 9.38. The Kier molecular flexibility index (Phi) is 6.30. The van der Waals surface area contributed by atoms with Gasteiger partial charge in [-0.25, -0.2) is 0 Å². The van der Waals surface area contributed by atoms with Crippen LogP contribution in [0.2, 0.25) is 5.02 Å². The molecule has 0 saturated carbocycles. The first kappa shape index (κ1) is 18.9. The molecular formula is C21H25ClN2O2. The minimum atomic E-state index is 0.0718. The van der Waals surface area contributed by atoms with Gasteiger partial charge >= 0.3 is 0 Å². The third-order valence-electron chi connectivity index (χ3n) is 4.51. The van der Waals surface area contributed by atoms with E-state index in [1.165, 1.54) is 0 Å². The fourth-order valence-electron chi connectivity index (χ4n) is 3.27. The van der Waals surface area contributed by atoms with E-state index in [4.69, 9.17) is 16.3 Å². The zero-order chi connectivity index (χ0) is 18.5. The number of carbonyl (C=O) groups is 1. The molecule has 2 unspecified atom stereocenters. The second-order valence-electron chi connectivity index (χ2n) is 6.86. The Morgan fingerprint density at radius 1 is 1.08 bits per heavy atom. The smallest absolute Gasteiger partial charge is 0.254 e. The number of halogens is 1. The van der Waals surface area contributed by atoms with Crippen molar-refractivity contribution < 1.29 is 9.53 Å². The number of nitrogens with zero attached hydrogens (tertiary/aromatic N) is 1. The van der Waals surface area contributed by atoms with Crippen LogP contribution in [0.3, 0.4) is 0 Å². The number of hydrogen-bond donors (Lipinski definition) is 1. The predicted octanol–water partition coefficient (Wildman–Crippen LogP) is 3.88. The lowest BCUT2D eigenvalue weighted by Gasteiger charge is -2.35. The normalized spacial score (nSPS) is 20.2. The predicted molar refractivity (Wildman–Crippen MR) is 104 cm³/mol. The van der Waals surface area contributed by atoms with Crippen molar-refractivity contribution in [1.29, 1.82) is 0 Å². The Hall–Kier alpha value is -1.88. The van der Waals surface area contributed by atoms with E-state index in [0.29, 0.717) is 19.6 Å². The van der Waals surface area contributed by atoms with Gasteiger partial charge in [0.05, 0.1) is 12.2 Å². The van der Waals surface area contributed by atoms with Gasteiger partial charge in [-0.15, -0.1) is 0 Å². The molecule has 2 aromatic carbocycles. The third kappa shape index (κ3) is 4.85. The minimum absolute atomic E-state index is 0.0718. The lowest BCUT2D eigenvalue weighted by molar-refractivity contribution is -0.0586. The fraction of sp³-hybridized carbons (Fsp3) is 0.381. The summed E-state index contributed by atoms with van der Waals surface area (Å²) in [5, 5.41) is 4.16. The van der Waals surface area contributed by atoms with Crippen LogP contribution in [0.1, 0.15) is 35.3 Å². The van der Waals surface area contributed by atoms with Gasteiger partial charge < -0.3 is 15.0 Å². The van der Waals surface area contributed by atoms with Crippen LogP contribution in [0.25, 0.3) is 0 Å². The van der Waals surface area contributed by atoms with Crippen LogP contribution in [0.5, 0.6) is 0 Å². The van der Waals surface area contributed by atoms with Crippen molar-refractivity contribution in [3.05, 3.63) is 70.2 Å². The van der Waals surface area contributed by atoms with Gasteiger partial charge in [0.15, 0.2) is 0 Å². The molecular weight excluding hydrogens is 348 g/mol. The van der Waals surface area contributed by atoms with Gasteiger partial charge in [-0.05, 0) is 43.2 Å². The number of ether oxygens (including phenoxy) is 1. The van der Waals surface area contributed by atoms with Gasteiger partial charge in [-0.1, -0.05) is 41.9 Å². The summed E-state index contributed by atoms with van der Waals surface area (Å²) in [6.07, 6.45) is 0.159. The minimum Gasteiger partial charge on any atom is -0.372 e. The lowest BCUT2D eigenvalue weighted by Crippen LogP contribution is -2.48. The van der Waals surface area contributed by atoms with E-state index in [-0.39, 0.29) is 18.1 Å². The molecule has 3 rings (SSSR count). The molecule has 1 aliphatic heterocycles. The Bertz CT molecular complexity index is 738. The van der Waals surface area contributed by atoms with E-state index in [2.05, 4.69) is 5.32 Å². The number of amides is 1. The van der Waals surface area contributed by atoms with Gasteiger partial charge in [0.1, 0.15) is 0 Å². The van der Waals surface area contributed by atoms with E-state index in [1.807, 2.05) is 67.3 Å². The highest BCUT2D eigenvalue weighted by Crippen LogP contribution is 2.16. The largest absolute Gasteiger partial charge is 0.372 e. The van der Waals surface area contributed by atoms with Gasteiger partial charge in [-0.3, -0.25) is 4.79 Å². The van der Waals surface area contributed by atoms with Gasteiger partial charge in [0, 0.05) is 36.8 Å². The number of morpholine rings is 1. The standard InChI is InChI=1S/C21H25ClN2O2/c1-15-13-24(14-16(2)26-15)21(25)18-9-7-17(8-10-18)11-23-12-19-5-3-4-6-20(19)22/h3-10,15-16,23H,11-14H2,1-2H3. The van der Waals surface area contributed by atoms with Crippen LogP contribution in [-0.4, -0.2) is 36.1 Å². The van der Waals surface area contributed by atoms with E-state index in [9.17, 15) is 4.79 Å². The zero-order valence-electron chi connectivity index (χ0n) is 15.2. The van der Waals surface area contributed by atoms with Crippen LogP contribution in [0.4, 0.5) is 0 Å². The van der Waals surface area contributed by atoms with Crippen LogP contribution < -0.4 is 5.32 Å². The molecule has 2 atom stereocenters. The molecule has 2 aromatic rings. The number of carbonyl (C=O) groups excluding carboxylic acids is 1. The first-order valence-electron chi connectivity index (χ1n) is 9.00. The van der Waals surface area contributed by atoms with Crippen LogP contribution in [-0.2, 0) is 17.8 Å². The second kappa shape index (κ2) is 8.67. The van der Waals surface area contributed by atoms with Crippen molar-refractivity contribution in [3.63, 3.8) is 0 Å². The summed E-state index contributed by atoms with van der Waals surface area (Å²) < 4.78 is 5.70. The molecule has 1 N–H and O–H groups in total. The van der Waals surface area contributed by atoms with Crippen LogP contribution >= 0.6 is 11.6 Å². The summed E-state index contributed by atoms with van der Waals surface area (Å²) in [4.78, 5) is 14.6. The Morgan fingerprint density at radius 2 is 1.73 bits per heavy atom. The van der Waals surface area contributed by atoms with Gasteiger partial charge in [-0.2, -0.15) is 0 Å². The van der Waals surface area contributed by atoms with Gasteiger partial charge in [0.2, 0.25) is 0 Å². The van der Waals surface area contributed by atoms with Crippen molar-refractivity contribution in [1.82, 2.24) is 10.2 Å². The fourth-order valence-corrected chi connectivity index (χ4v) is 3.48. The number of hydrogen-bond acceptors (Lipinski definition) is 3. The molecule has 0 bridgehead atoms. The molecule has 1 saturated heterocycles. The highest BCUT2D eigenvalue weighted by Gasteiger charge is 2.26. The maximum absolute atomic E-state index is 12.7. The molecule has 26 heavy (non-hydrogen) atoms. The second-order valence-corrected chi connectivity index (χ2v) is 7.27. The van der Waals surface area contributed by atoms with E-state index >= 15 is 0 Å². The van der Waals surface area contributed by atoms with Crippen molar-refractivity contribution in [2.75, 3.05) is 13.1 Å². The summed E-state index contributed by atoms with van der Waals surface area (Å²) in [6, 6.07) is 15.6. The first-order chi connectivity index (χ1) is 12.5. The topological polar surface area (TPSA) is 41.6 Å². The number of benzene rings is 2. The van der Waals surface area contributed by atoms with Crippen molar-refractivity contribution in [2.45, 2.75) is 39.1 Å². The molecule has 138 valence electrons. The molecule has 1 heterocycles.